The van der Waals surface area contributed by atoms with Crippen molar-refractivity contribution >= 4 is 27.8 Å². The van der Waals surface area contributed by atoms with Crippen LogP contribution in [0.3, 0.4) is 0 Å². The second-order valence-electron chi connectivity index (χ2n) is 4.13. The topological polar surface area (TPSA) is 55.0 Å². The van der Waals surface area contributed by atoms with Crippen LogP contribution in [0.1, 0.15) is 22.7 Å². The second kappa shape index (κ2) is 5.57. The van der Waals surface area contributed by atoms with Gasteiger partial charge in [0.05, 0.1) is 5.01 Å². The Labute approximate surface area is 109 Å². The lowest BCUT2D eigenvalue weighted by Gasteiger charge is -2.18. The highest BCUT2D eigenvalue weighted by atomic mass is 32.1. The Morgan fingerprint density at radius 2 is 2.29 bits per heavy atom. The van der Waals surface area contributed by atoms with Gasteiger partial charge < -0.3 is 10.6 Å². The van der Waals surface area contributed by atoms with Crippen molar-refractivity contribution in [1.29, 1.82) is 0 Å². The quantitative estimate of drug-likeness (QED) is 0.905. The van der Waals surface area contributed by atoms with E-state index < -0.39 is 0 Å². The maximum atomic E-state index is 5.61. The number of anilines is 1. The monoisotopic (exact) mass is 268 g/mol. The molecule has 1 atom stereocenters. The summed E-state index contributed by atoms with van der Waals surface area (Å²) in [7, 11) is 2.11. The summed E-state index contributed by atoms with van der Waals surface area (Å²) >= 11 is 3.27. The van der Waals surface area contributed by atoms with Crippen molar-refractivity contribution in [3.05, 3.63) is 27.7 Å². The number of aromatic nitrogens is 2. The second-order valence-corrected chi connectivity index (χ2v) is 6.21. The van der Waals surface area contributed by atoms with Crippen molar-refractivity contribution in [2.24, 2.45) is 0 Å². The maximum absolute atomic E-state index is 5.61. The lowest BCUT2D eigenvalue weighted by molar-refractivity contribution is 0.312. The van der Waals surface area contributed by atoms with Crippen molar-refractivity contribution < 1.29 is 0 Å². The predicted molar refractivity (Wildman–Crippen MR) is 73.4 cm³/mol. The fourth-order valence-corrected chi connectivity index (χ4v) is 3.20. The Hall–Kier alpha value is -0.980. The molecule has 0 radical (unpaired) electrons. The van der Waals surface area contributed by atoms with Crippen molar-refractivity contribution in [1.82, 2.24) is 14.9 Å². The molecule has 2 rings (SSSR count). The molecule has 0 saturated carbocycles. The van der Waals surface area contributed by atoms with E-state index >= 15 is 0 Å². The molecule has 6 heteroatoms. The highest BCUT2D eigenvalue weighted by Gasteiger charge is 2.12. The van der Waals surface area contributed by atoms with E-state index in [1.807, 2.05) is 17.8 Å². The first kappa shape index (κ1) is 12.5. The van der Waals surface area contributed by atoms with Gasteiger partial charge in [-0.3, -0.25) is 0 Å². The molecular formula is C11H16N4S2. The number of hydrogen-bond donors (Lipinski definition) is 1. The summed E-state index contributed by atoms with van der Waals surface area (Å²) in [6.07, 6.45) is 3.71. The van der Waals surface area contributed by atoms with E-state index in [9.17, 15) is 0 Å². The fraction of sp³-hybridized carbons (Fsp3) is 0.455. The minimum absolute atomic E-state index is 0.463. The lowest BCUT2D eigenvalue weighted by Crippen LogP contribution is -2.22. The molecule has 2 aromatic rings. The maximum Gasteiger partial charge on any atom is 0.180 e. The molecule has 17 heavy (non-hydrogen) atoms. The molecule has 2 aromatic heterocycles. The van der Waals surface area contributed by atoms with Crippen molar-refractivity contribution in [2.45, 2.75) is 19.4 Å². The zero-order valence-electron chi connectivity index (χ0n) is 9.96. The zero-order chi connectivity index (χ0) is 12.3. The molecule has 0 saturated heterocycles. The van der Waals surface area contributed by atoms with Crippen LogP contribution in [-0.4, -0.2) is 28.5 Å². The van der Waals surface area contributed by atoms with Gasteiger partial charge in [0.15, 0.2) is 5.13 Å². The Balaban J connectivity index is 1.87. The molecular weight excluding hydrogens is 252 g/mol. The molecule has 0 aromatic carbocycles. The van der Waals surface area contributed by atoms with Gasteiger partial charge in [0.1, 0.15) is 0 Å². The van der Waals surface area contributed by atoms with E-state index in [1.54, 1.807) is 22.7 Å². The largest absolute Gasteiger partial charge is 0.375 e. The van der Waals surface area contributed by atoms with E-state index in [4.69, 9.17) is 5.73 Å². The van der Waals surface area contributed by atoms with Crippen LogP contribution < -0.4 is 5.73 Å². The zero-order valence-corrected chi connectivity index (χ0v) is 11.6. The van der Waals surface area contributed by atoms with Crippen molar-refractivity contribution in [3.63, 3.8) is 0 Å². The predicted octanol–water partition coefficient (Wildman–Crippen LogP) is 2.42. The van der Waals surface area contributed by atoms with Gasteiger partial charge in [-0.05, 0) is 7.05 Å². The highest BCUT2D eigenvalue weighted by Crippen LogP contribution is 2.20. The smallest absolute Gasteiger partial charge is 0.180 e. The van der Waals surface area contributed by atoms with Crippen LogP contribution >= 0.6 is 22.7 Å². The summed E-state index contributed by atoms with van der Waals surface area (Å²) in [5.41, 5.74) is 5.61. The Morgan fingerprint density at radius 1 is 1.47 bits per heavy atom. The number of likely N-dealkylation sites (N-methyl/N-ethyl adjacent to an activating group) is 1. The summed E-state index contributed by atoms with van der Waals surface area (Å²) in [6, 6.07) is 0. The van der Waals surface area contributed by atoms with E-state index in [2.05, 4.69) is 28.8 Å². The number of nitrogens with two attached hydrogens (primary N) is 1. The molecule has 1 unspecified atom stereocenters. The number of thiazole rings is 2. The average Bonchev–Trinajstić information content (AvgIpc) is 2.89. The van der Waals surface area contributed by atoms with Crippen LogP contribution in [0, 0.1) is 0 Å². The summed E-state index contributed by atoms with van der Waals surface area (Å²) in [5.74, 6) is 0.463. The van der Waals surface area contributed by atoms with Gasteiger partial charge in [-0.25, -0.2) is 9.97 Å². The third kappa shape index (κ3) is 3.49. The van der Waals surface area contributed by atoms with Crippen LogP contribution in [-0.2, 0) is 6.54 Å². The molecule has 0 bridgehead atoms. The van der Waals surface area contributed by atoms with Gasteiger partial charge in [-0.15, -0.1) is 22.7 Å². The standard InChI is InChI=1S/C11H16N4S2/c1-8(10-13-3-4-16-10)6-15(2)7-9-5-14-11(12)17-9/h3-5,8H,6-7H2,1-2H3,(H2,12,14). The molecule has 0 aliphatic heterocycles. The van der Waals surface area contributed by atoms with Gasteiger partial charge in [0.2, 0.25) is 0 Å². The first-order chi connectivity index (χ1) is 8.15. The number of rotatable bonds is 5. The van der Waals surface area contributed by atoms with Crippen molar-refractivity contribution in [2.75, 3.05) is 19.3 Å². The van der Waals surface area contributed by atoms with Crippen LogP contribution in [0.4, 0.5) is 5.13 Å². The van der Waals surface area contributed by atoms with Crippen LogP contribution in [0.2, 0.25) is 0 Å². The van der Waals surface area contributed by atoms with Gasteiger partial charge in [0, 0.05) is 41.7 Å². The van der Waals surface area contributed by atoms with Crippen molar-refractivity contribution in [3.8, 4) is 0 Å². The normalized spacial score (nSPS) is 13.1. The van der Waals surface area contributed by atoms with Gasteiger partial charge in [-0.2, -0.15) is 0 Å². The molecule has 4 nitrogen and oxygen atoms in total. The number of nitrogens with zero attached hydrogens (tertiary/aromatic N) is 3. The van der Waals surface area contributed by atoms with Crippen LogP contribution in [0.15, 0.2) is 17.8 Å². The lowest BCUT2D eigenvalue weighted by atomic mass is 10.2. The summed E-state index contributed by atoms with van der Waals surface area (Å²) < 4.78 is 0. The Morgan fingerprint density at radius 3 is 2.88 bits per heavy atom. The molecule has 92 valence electrons. The molecule has 0 fully saturated rings. The van der Waals surface area contributed by atoms with E-state index in [0.29, 0.717) is 11.0 Å². The molecule has 2 heterocycles. The van der Waals surface area contributed by atoms with Gasteiger partial charge in [0.25, 0.3) is 0 Å². The summed E-state index contributed by atoms with van der Waals surface area (Å²) in [4.78, 5) is 11.9. The Kier molecular flexibility index (Phi) is 4.09. The number of hydrogen-bond acceptors (Lipinski definition) is 6. The minimum atomic E-state index is 0.463. The van der Waals surface area contributed by atoms with E-state index in [0.717, 1.165) is 13.1 Å². The van der Waals surface area contributed by atoms with Crippen LogP contribution in [0.25, 0.3) is 0 Å². The average molecular weight is 268 g/mol. The van der Waals surface area contributed by atoms with Gasteiger partial charge in [-0.1, -0.05) is 6.92 Å². The molecule has 0 spiro atoms. The molecule has 2 N–H and O–H groups in total. The highest BCUT2D eigenvalue weighted by molar-refractivity contribution is 7.15. The van der Waals surface area contributed by atoms with Gasteiger partial charge >= 0.3 is 0 Å². The summed E-state index contributed by atoms with van der Waals surface area (Å²) in [6.45, 7) is 4.09. The summed E-state index contributed by atoms with van der Waals surface area (Å²) in [5, 5.41) is 3.86. The first-order valence-electron chi connectivity index (χ1n) is 5.43. The van der Waals surface area contributed by atoms with E-state index in [1.165, 1.54) is 9.88 Å². The molecule has 0 aliphatic rings. The third-order valence-corrected chi connectivity index (χ3v) is 4.27. The minimum Gasteiger partial charge on any atom is -0.375 e. The third-order valence-electron chi connectivity index (χ3n) is 2.46. The van der Waals surface area contributed by atoms with Crippen LogP contribution in [0.5, 0.6) is 0 Å². The SMILES string of the molecule is CC(CN(C)Cc1cnc(N)s1)c1nccs1. The Bertz CT molecular complexity index is 452. The van der Waals surface area contributed by atoms with E-state index in [-0.39, 0.29) is 0 Å². The molecule has 0 amide bonds. The first-order valence-corrected chi connectivity index (χ1v) is 7.13. The number of nitrogen functional groups attached to an aromatic ring is 1. The fourth-order valence-electron chi connectivity index (χ4n) is 1.75. The molecule has 0 aliphatic carbocycles.